The van der Waals surface area contributed by atoms with Crippen molar-refractivity contribution in [3.05, 3.63) is 18.0 Å². The van der Waals surface area contributed by atoms with Crippen molar-refractivity contribution in [2.45, 2.75) is 45.9 Å². The molecule has 2 atom stereocenters. The van der Waals surface area contributed by atoms with Gasteiger partial charge in [-0.2, -0.15) is 5.10 Å². The van der Waals surface area contributed by atoms with Gasteiger partial charge in [0.1, 0.15) is 0 Å². The lowest BCUT2D eigenvalue weighted by atomic mass is 10.3. The molecule has 1 aliphatic rings. The highest BCUT2D eigenvalue weighted by Crippen LogP contribution is 2.08. The second kappa shape index (κ2) is 11.6. The smallest absolute Gasteiger partial charge is 0.191 e. The number of hydrogen-bond donors (Lipinski definition) is 2. The number of ether oxygens (including phenoxy) is 2. The van der Waals surface area contributed by atoms with Crippen molar-refractivity contribution < 1.29 is 9.47 Å². The quantitative estimate of drug-likeness (QED) is 0.357. The van der Waals surface area contributed by atoms with Crippen molar-refractivity contribution in [2.24, 2.45) is 4.99 Å². The predicted octanol–water partition coefficient (Wildman–Crippen LogP) is 1.56. The van der Waals surface area contributed by atoms with E-state index in [1.807, 2.05) is 24.0 Å². The van der Waals surface area contributed by atoms with Crippen molar-refractivity contribution in [3.63, 3.8) is 0 Å². The van der Waals surface area contributed by atoms with E-state index in [2.05, 4.69) is 34.6 Å². The summed E-state index contributed by atoms with van der Waals surface area (Å²) in [6.07, 6.45) is 5.11. The molecule has 1 fully saturated rings. The fourth-order valence-corrected chi connectivity index (χ4v) is 2.37. The van der Waals surface area contributed by atoms with Gasteiger partial charge in [-0.3, -0.25) is 9.67 Å². The van der Waals surface area contributed by atoms with E-state index in [1.165, 1.54) is 5.56 Å². The number of aromatic nitrogens is 2. The van der Waals surface area contributed by atoms with Crippen LogP contribution in [0.1, 0.15) is 25.8 Å². The Kier molecular flexibility index (Phi) is 10.3. The van der Waals surface area contributed by atoms with Crippen molar-refractivity contribution in [3.8, 4) is 0 Å². The van der Waals surface area contributed by atoms with Crippen molar-refractivity contribution >= 4 is 29.9 Å². The number of hydrogen-bond acceptors (Lipinski definition) is 4. The highest BCUT2D eigenvalue weighted by Gasteiger charge is 2.17. The summed E-state index contributed by atoms with van der Waals surface area (Å²) in [6, 6.07) is 0.195. The molecule has 0 amide bonds. The lowest BCUT2D eigenvalue weighted by molar-refractivity contribution is 0.0347. The van der Waals surface area contributed by atoms with Gasteiger partial charge in [0, 0.05) is 25.4 Å². The number of nitrogens with one attached hydrogen (secondary N) is 2. The van der Waals surface area contributed by atoms with E-state index in [-0.39, 0.29) is 36.1 Å². The summed E-state index contributed by atoms with van der Waals surface area (Å²) in [6.45, 7) is 10.6. The third-order valence-electron chi connectivity index (χ3n) is 3.56. The zero-order chi connectivity index (χ0) is 16.5. The summed E-state index contributed by atoms with van der Waals surface area (Å²) in [5.41, 5.74) is 1.17. The molecule has 0 bridgehead atoms. The number of guanidine groups is 1. The molecule has 2 N–H and O–H groups in total. The monoisotopic (exact) mass is 451 g/mol. The van der Waals surface area contributed by atoms with E-state index in [0.717, 1.165) is 32.1 Å². The van der Waals surface area contributed by atoms with Gasteiger partial charge in [-0.25, -0.2) is 0 Å². The minimum Gasteiger partial charge on any atom is -0.379 e. The molecule has 2 rings (SSSR count). The first-order chi connectivity index (χ1) is 11.2. The maximum Gasteiger partial charge on any atom is 0.191 e. The standard InChI is InChI=1S/C16H29N5O2.HI/c1-4-17-16(18-6-7-21-10-13(2)9-19-21)20-14(3)11-23-15-5-8-22-12-15;/h9-10,14-15H,4-8,11-12H2,1-3H3,(H2,17,18,20);1H. The van der Waals surface area contributed by atoms with Gasteiger partial charge in [0.2, 0.25) is 0 Å². The van der Waals surface area contributed by atoms with Crippen LogP contribution >= 0.6 is 24.0 Å². The molecule has 1 aromatic rings. The van der Waals surface area contributed by atoms with Crippen LogP contribution < -0.4 is 10.6 Å². The Bertz CT molecular complexity index is 489. The Hall–Kier alpha value is -0.870. The summed E-state index contributed by atoms with van der Waals surface area (Å²) in [4.78, 5) is 4.59. The third-order valence-corrected chi connectivity index (χ3v) is 3.56. The summed E-state index contributed by atoms with van der Waals surface area (Å²) in [5.74, 6) is 0.815. The van der Waals surface area contributed by atoms with Crippen molar-refractivity contribution in [1.82, 2.24) is 20.4 Å². The first-order valence-corrected chi connectivity index (χ1v) is 8.40. The molecular formula is C16H30IN5O2. The van der Waals surface area contributed by atoms with Crippen LogP contribution in [0.4, 0.5) is 0 Å². The summed E-state index contributed by atoms with van der Waals surface area (Å²) < 4.78 is 13.1. The van der Waals surface area contributed by atoms with E-state index in [4.69, 9.17) is 9.47 Å². The fraction of sp³-hybridized carbons (Fsp3) is 0.750. The lowest BCUT2D eigenvalue weighted by Gasteiger charge is -2.19. The molecule has 24 heavy (non-hydrogen) atoms. The number of halogens is 1. The summed E-state index contributed by atoms with van der Waals surface area (Å²) in [5, 5.41) is 10.9. The molecule has 7 nitrogen and oxygen atoms in total. The Morgan fingerprint density at radius 3 is 3.04 bits per heavy atom. The Morgan fingerprint density at radius 1 is 1.58 bits per heavy atom. The van der Waals surface area contributed by atoms with E-state index in [1.54, 1.807) is 0 Å². The normalized spacial score (nSPS) is 19.0. The maximum absolute atomic E-state index is 5.84. The van der Waals surface area contributed by atoms with E-state index in [0.29, 0.717) is 19.8 Å². The lowest BCUT2D eigenvalue weighted by Crippen LogP contribution is -2.44. The van der Waals surface area contributed by atoms with Crippen LogP contribution in [0.25, 0.3) is 0 Å². The van der Waals surface area contributed by atoms with Gasteiger partial charge in [-0.05, 0) is 32.8 Å². The molecule has 2 unspecified atom stereocenters. The van der Waals surface area contributed by atoms with Gasteiger partial charge in [0.25, 0.3) is 0 Å². The minimum atomic E-state index is 0. The maximum atomic E-state index is 5.84. The molecule has 8 heteroatoms. The molecule has 1 aliphatic heterocycles. The molecule has 1 aromatic heterocycles. The number of aliphatic imine (C=N–C) groups is 1. The van der Waals surface area contributed by atoms with Crippen LogP contribution in [0, 0.1) is 6.92 Å². The Labute approximate surface area is 161 Å². The molecule has 2 heterocycles. The minimum absolute atomic E-state index is 0. The topological polar surface area (TPSA) is 72.7 Å². The van der Waals surface area contributed by atoms with Crippen LogP contribution in [0.5, 0.6) is 0 Å². The predicted molar refractivity (Wildman–Crippen MR) is 106 cm³/mol. The van der Waals surface area contributed by atoms with Gasteiger partial charge in [0.05, 0.1) is 38.6 Å². The Morgan fingerprint density at radius 2 is 2.42 bits per heavy atom. The first kappa shape index (κ1) is 21.2. The van der Waals surface area contributed by atoms with Crippen LogP contribution in [0.2, 0.25) is 0 Å². The number of nitrogens with zero attached hydrogens (tertiary/aromatic N) is 3. The largest absolute Gasteiger partial charge is 0.379 e. The second-order valence-corrected chi connectivity index (χ2v) is 5.91. The molecule has 0 aromatic carbocycles. The third kappa shape index (κ3) is 7.80. The number of aryl methyl sites for hydroxylation is 1. The van der Waals surface area contributed by atoms with Crippen LogP contribution in [-0.2, 0) is 16.0 Å². The van der Waals surface area contributed by atoms with E-state index >= 15 is 0 Å². The highest BCUT2D eigenvalue weighted by atomic mass is 127. The fourth-order valence-electron chi connectivity index (χ4n) is 2.37. The molecular weight excluding hydrogens is 421 g/mol. The summed E-state index contributed by atoms with van der Waals surface area (Å²) in [7, 11) is 0. The molecule has 0 spiro atoms. The van der Waals surface area contributed by atoms with Gasteiger partial charge < -0.3 is 20.1 Å². The summed E-state index contributed by atoms with van der Waals surface area (Å²) >= 11 is 0. The molecule has 1 saturated heterocycles. The molecule has 0 aliphatic carbocycles. The zero-order valence-corrected chi connectivity index (χ0v) is 17.2. The van der Waals surface area contributed by atoms with Gasteiger partial charge in [0.15, 0.2) is 5.96 Å². The zero-order valence-electron chi connectivity index (χ0n) is 14.8. The second-order valence-electron chi connectivity index (χ2n) is 5.91. The first-order valence-electron chi connectivity index (χ1n) is 8.40. The average Bonchev–Trinajstić information content (AvgIpc) is 3.17. The van der Waals surface area contributed by atoms with Gasteiger partial charge >= 0.3 is 0 Å². The molecule has 0 radical (unpaired) electrons. The van der Waals surface area contributed by atoms with Crippen LogP contribution in [-0.4, -0.2) is 60.8 Å². The van der Waals surface area contributed by atoms with Crippen LogP contribution in [0.15, 0.2) is 17.4 Å². The number of rotatable bonds is 8. The van der Waals surface area contributed by atoms with Gasteiger partial charge in [-0.1, -0.05) is 0 Å². The molecule has 138 valence electrons. The average molecular weight is 451 g/mol. The van der Waals surface area contributed by atoms with E-state index in [9.17, 15) is 0 Å². The highest BCUT2D eigenvalue weighted by molar-refractivity contribution is 14.0. The van der Waals surface area contributed by atoms with E-state index < -0.39 is 0 Å². The van der Waals surface area contributed by atoms with Crippen molar-refractivity contribution in [1.29, 1.82) is 0 Å². The van der Waals surface area contributed by atoms with Crippen LogP contribution in [0.3, 0.4) is 0 Å². The Balaban J connectivity index is 0.00000288. The van der Waals surface area contributed by atoms with Gasteiger partial charge in [-0.15, -0.1) is 24.0 Å². The van der Waals surface area contributed by atoms with Crippen molar-refractivity contribution in [2.75, 3.05) is 32.9 Å². The SMILES string of the molecule is CCNC(=NCCn1cc(C)cn1)NC(C)COC1CCOC1.I. The molecule has 0 saturated carbocycles.